The van der Waals surface area contributed by atoms with E-state index in [-0.39, 0.29) is 0 Å². The SMILES string of the molecule is CC(C)N1CCCC1=O.CC(C)n1cccn1. The van der Waals surface area contributed by atoms with E-state index in [4.69, 9.17) is 0 Å². The van der Waals surface area contributed by atoms with Crippen LogP contribution in [0.4, 0.5) is 0 Å². The van der Waals surface area contributed by atoms with E-state index in [1.807, 2.05) is 21.8 Å². The average molecular weight is 237 g/mol. The van der Waals surface area contributed by atoms with Gasteiger partial charge in [0.2, 0.25) is 5.91 Å². The van der Waals surface area contributed by atoms with Crippen molar-refractivity contribution in [1.82, 2.24) is 14.7 Å². The third-order valence-electron chi connectivity index (χ3n) is 2.79. The Hall–Kier alpha value is -1.32. The molecule has 1 aromatic heterocycles. The van der Waals surface area contributed by atoms with Gasteiger partial charge in [-0.1, -0.05) is 0 Å². The van der Waals surface area contributed by atoms with Crippen molar-refractivity contribution < 1.29 is 4.79 Å². The molecule has 0 atom stereocenters. The summed E-state index contributed by atoms with van der Waals surface area (Å²) in [4.78, 5) is 12.9. The van der Waals surface area contributed by atoms with Crippen molar-refractivity contribution in [2.45, 2.75) is 52.6 Å². The van der Waals surface area contributed by atoms with E-state index in [0.29, 0.717) is 18.0 Å². The van der Waals surface area contributed by atoms with Gasteiger partial charge in [0.15, 0.2) is 0 Å². The Bertz CT molecular complexity index is 330. The highest BCUT2D eigenvalue weighted by Gasteiger charge is 2.21. The zero-order chi connectivity index (χ0) is 12.8. The maximum absolute atomic E-state index is 10.9. The molecule has 2 rings (SSSR count). The van der Waals surface area contributed by atoms with Crippen molar-refractivity contribution >= 4 is 5.91 Å². The lowest BCUT2D eigenvalue weighted by molar-refractivity contribution is -0.129. The van der Waals surface area contributed by atoms with Crippen LogP contribution in [-0.4, -0.2) is 33.2 Å². The number of hydrogen-bond donors (Lipinski definition) is 0. The van der Waals surface area contributed by atoms with Crippen molar-refractivity contribution in [3.63, 3.8) is 0 Å². The summed E-state index contributed by atoms with van der Waals surface area (Å²) in [5, 5.41) is 4.03. The van der Waals surface area contributed by atoms with E-state index >= 15 is 0 Å². The van der Waals surface area contributed by atoms with Crippen molar-refractivity contribution in [2.75, 3.05) is 6.54 Å². The van der Waals surface area contributed by atoms with E-state index in [1.165, 1.54) is 0 Å². The van der Waals surface area contributed by atoms with Gasteiger partial charge < -0.3 is 4.90 Å². The second-order valence-corrected chi connectivity index (χ2v) is 4.86. The molecule has 17 heavy (non-hydrogen) atoms. The highest BCUT2D eigenvalue weighted by molar-refractivity contribution is 5.78. The van der Waals surface area contributed by atoms with Gasteiger partial charge in [-0.25, -0.2) is 0 Å². The van der Waals surface area contributed by atoms with Crippen LogP contribution < -0.4 is 0 Å². The molecular weight excluding hydrogens is 214 g/mol. The van der Waals surface area contributed by atoms with Crippen molar-refractivity contribution in [1.29, 1.82) is 0 Å². The Labute approximate surface area is 104 Å². The molecule has 1 aliphatic heterocycles. The molecule has 0 aliphatic carbocycles. The van der Waals surface area contributed by atoms with Crippen LogP contribution in [0.1, 0.15) is 46.6 Å². The van der Waals surface area contributed by atoms with Gasteiger partial charge in [-0.15, -0.1) is 0 Å². The van der Waals surface area contributed by atoms with E-state index in [9.17, 15) is 4.79 Å². The van der Waals surface area contributed by atoms with E-state index < -0.39 is 0 Å². The summed E-state index contributed by atoms with van der Waals surface area (Å²) in [7, 11) is 0. The molecule has 0 bridgehead atoms. The topological polar surface area (TPSA) is 38.1 Å². The lowest BCUT2D eigenvalue weighted by Crippen LogP contribution is -2.31. The van der Waals surface area contributed by atoms with Crippen LogP contribution in [0.25, 0.3) is 0 Å². The Morgan fingerprint density at radius 1 is 1.24 bits per heavy atom. The van der Waals surface area contributed by atoms with Crippen molar-refractivity contribution in [3.05, 3.63) is 18.5 Å². The molecule has 1 aromatic rings. The number of nitrogens with zero attached hydrogens (tertiary/aromatic N) is 3. The molecule has 1 amide bonds. The molecule has 0 aromatic carbocycles. The molecule has 1 fully saturated rings. The Balaban J connectivity index is 0.000000171. The third kappa shape index (κ3) is 4.21. The normalized spacial score (nSPS) is 15.4. The largest absolute Gasteiger partial charge is 0.340 e. The smallest absolute Gasteiger partial charge is 0.222 e. The summed E-state index contributed by atoms with van der Waals surface area (Å²) in [6.07, 6.45) is 5.57. The summed E-state index contributed by atoms with van der Waals surface area (Å²) < 4.78 is 1.92. The van der Waals surface area contributed by atoms with Gasteiger partial charge in [0.05, 0.1) is 0 Å². The van der Waals surface area contributed by atoms with Crippen LogP contribution in [-0.2, 0) is 4.79 Å². The minimum atomic E-state index is 0.324. The van der Waals surface area contributed by atoms with Crippen LogP contribution >= 0.6 is 0 Å². The molecule has 1 saturated heterocycles. The minimum absolute atomic E-state index is 0.324. The molecule has 0 spiro atoms. The number of carbonyl (C=O) groups excluding carboxylic acids is 1. The first-order valence-electron chi connectivity index (χ1n) is 6.31. The predicted molar refractivity (Wildman–Crippen MR) is 68.7 cm³/mol. The predicted octanol–water partition coefficient (Wildman–Crippen LogP) is 2.48. The fourth-order valence-corrected chi connectivity index (χ4v) is 1.80. The molecule has 96 valence electrons. The van der Waals surface area contributed by atoms with Crippen molar-refractivity contribution in [3.8, 4) is 0 Å². The van der Waals surface area contributed by atoms with Crippen LogP contribution in [0.15, 0.2) is 18.5 Å². The number of likely N-dealkylation sites (tertiary alicyclic amines) is 1. The van der Waals surface area contributed by atoms with Gasteiger partial charge in [0.25, 0.3) is 0 Å². The number of rotatable bonds is 2. The molecular formula is C13H23N3O. The monoisotopic (exact) mass is 237 g/mol. The van der Waals surface area contributed by atoms with E-state index in [0.717, 1.165) is 19.4 Å². The molecule has 1 aliphatic rings. The number of amides is 1. The lowest BCUT2D eigenvalue weighted by atomic mass is 10.3. The Morgan fingerprint density at radius 3 is 2.18 bits per heavy atom. The van der Waals surface area contributed by atoms with Crippen molar-refractivity contribution in [2.24, 2.45) is 0 Å². The van der Waals surface area contributed by atoms with E-state index in [2.05, 4.69) is 32.8 Å². The Morgan fingerprint density at radius 2 is 1.94 bits per heavy atom. The maximum atomic E-state index is 10.9. The summed E-state index contributed by atoms with van der Waals surface area (Å²) >= 11 is 0. The zero-order valence-electron chi connectivity index (χ0n) is 11.3. The second kappa shape index (κ2) is 6.42. The minimum Gasteiger partial charge on any atom is -0.340 e. The van der Waals surface area contributed by atoms with Crippen LogP contribution in [0.3, 0.4) is 0 Å². The number of carbonyl (C=O) groups is 1. The highest BCUT2D eigenvalue weighted by atomic mass is 16.2. The van der Waals surface area contributed by atoms with Gasteiger partial charge in [-0.2, -0.15) is 5.10 Å². The fourth-order valence-electron chi connectivity index (χ4n) is 1.80. The van der Waals surface area contributed by atoms with E-state index in [1.54, 1.807) is 6.20 Å². The van der Waals surface area contributed by atoms with Gasteiger partial charge in [0.1, 0.15) is 0 Å². The molecule has 2 heterocycles. The third-order valence-corrected chi connectivity index (χ3v) is 2.79. The Kier molecular flexibility index (Phi) is 5.19. The first-order valence-corrected chi connectivity index (χ1v) is 6.31. The zero-order valence-corrected chi connectivity index (χ0v) is 11.3. The summed E-state index contributed by atoms with van der Waals surface area (Å²) in [6.45, 7) is 9.29. The standard InChI is InChI=1S/C7H13NO.C6H10N2/c1-6(2)8-5-3-4-7(8)9;1-6(2)8-5-3-4-7-8/h6H,3-5H2,1-2H3;3-6H,1-2H3. The summed E-state index contributed by atoms with van der Waals surface area (Å²) in [5.41, 5.74) is 0. The molecule has 4 nitrogen and oxygen atoms in total. The first-order chi connectivity index (χ1) is 8.02. The number of aromatic nitrogens is 2. The first kappa shape index (κ1) is 13.7. The molecule has 0 radical (unpaired) electrons. The second-order valence-electron chi connectivity index (χ2n) is 4.86. The molecule has 0 saturated carbocycles. The maximum Gasteiger partial charge on any atom is 0.222 e. The molecule has 4 heteroatoms. The van der Waals surface area contributed by atoms with Gasteiger partial charge in [0, 0.05) is 37.4 Å². The summed E-state index contributed by atoms with van der Waals surface area (Å²) in [6, 6.07) is 2.82. The van der Waals surface area contributed by atoms with Gasteiger partial charge >= 0.3 is 0 Å². The van der Waals surface area contributed by atoms with Gasteiger partial charge in [-0.05, 0) is 40.2 Å². The fraction of sp³-hybridized carbons (Fsp3) is 0.692. The van der Waals surface area contributed by atoms with Gasteiger partial charge in [-0.3, -0.25) is 9.48 Å². The van der Waals surface area contributed by atoms with Crippen LogP contribution in [0.2, 0.25) is 0 Å². The highest BCUT2D eigenvalue weighted by Crippen LogP contribution is 2.12. The van der Waals surface area contributed by atoms with Crippen LogP contribution in [0, 0.1) is 0 Å². The lowest BCUT2D eigenvalue weighted by Gasteiger charge is -2.19. The molecule has 0 N–H and O–H groups in total. The molecule has 0 unspecified atom stereocenters. The summed E-state index contributed by atoms with van der Waals surface area (Å²) in [5.74, 6) is 0.324. The number of hydrogen-bond acceptors (Lipinski definition) is 2. The average Bonchev–Trinajstić information content (AvgIpc) is 2.87. The van der Waals surface area contributed by atoms with Crippen LogP contribution in [0.5, 0.6) is 0 Å². The quantitative estimate of drug-likeness (QED) is 0.792.